The first-order valence-corrected chi connectivity index (χ1v) is 6.34. The molecular formula is C14H20N4. The monoisotopic (exact) mass is 244 g/mol. The zero-order valence-corrected chi connectivity index (χ0v) is 11.4. The molecule has 2 rings (SSSR count). The summed E-state index contributed by atoms with van der Waals surface area (Å²) >= 11 is 0. The Balaban J connectivity index is 2.31. The minimum atomic E-state index is 0.371. The molecule has 2 aromatic rings. The number of nitrogens with zero attached hydrogens (tertiary/aromatic N) is 3. The van der Waals surface area contributed by atoms with Crippen LogP contribution in [0.1, 0.15) is 45.2 Å². The van der Waals surface area contributed by atoms with E-state index in [1.165, 1.54) is 5.56 Å². The first-order chi connectivity index (χ1) is 8.58. The number of rotatable bonds is 4. The SMILES string of the molecule is CC(C)c1cn(C(C)C)nc1Nc1ccncc1. The van der Waals surface area contributed by atoms with E-state index in [9.17, 15) is 0 Å². The van der Waals surface area contributed by atoms with Crippen molar-refractivity contribution in [2.24, 2.45) is 0 Å². The second-order valence-electron chi connectivity index (χ2n) is 5.02. The van der Waals surface area contributed by atoms with Crippen LogP contribution in [-0.4, -0.2) is 14.8 Å². The number of aromatic nitrogens is 3. The van der Waals surface area contributed by atoms with Crippen molar-refractivity contribution in [2.75, 3.05) is 5.32 Å². The fourth-order valence-electron chi connectivity index (χ4n) is 1.76. The Hall–Kier alpha value is -1.84. The van der Waals surface area contributed by atoms with E-state index in [0.29, 0.717) is 12.0 Å². The first kappa shape index (κ1) is 12.6. The van der Waals surface area contributed by atoms with Crippen molar-refractivity contribution < 1.29 is 0 Å². The van der Waals surface area contributed by atoms with E-state index in [4.69, 9.17) is 0 Å². The molecule has 0 radical (unpaired) electrons. The summed E-state index contributed by atoms with van der Waals surface area (Å²) in [5.74, 6) is 1.38. The predicted molar refractivity (Wildman–Crippen MR) is 74.2 cm³/mol. The molecule has 2 heterocycles. The largest absolute Gasteiger partial charge is 0.338 e. The molecule has 0 atom stereocenters. The van der Waals surface area contributed by atoms with Gasteiger partial charge in [-0.2, -0.15) is 5.10 Å². The van der Waals surface area contributed by atoms with Crippen LogP contribution < -0.4 is 5.32 Å². The van der Waals surface area contributed by atoms with Gasteiger partial charge < -0.3 is 5.32 Å². The van der Waals surface area contributed by atoms with Crippen LogP contribution in [0.4, 0.5) is 11.5 Å². The van der Waals surface area contributed by atoms with Gasteiger partial charge in [-0.25, -0.2) is 0 Å². The van der Waals surface area contributed by atoms with E-state index in [2.05, 4.69) is 49.3 Å². The molecule has 0 fully saturated rings. The summed E-state index contributed by atoms with van der Waals surface area (Å²) in [6, 6.07) is 4.26. The van der Waals surface area contributed by atoms with Gasteiger partial charge in [-0.1, -0.05) is 13.8 Å². The molecular weight excluding hydrogens is 224 g/mol. The molecule has 4 heteroatoms. The average molecular weight is 244 g/mol. The minimum Gasteiger partial charge on any atom is -0.338 e. The highest BCUT2D eigenvalue weighted by Crippen LogP contribution is 2.26. The van der Waals surface area contributed by atoms with Gasteiger partial charge in [0, 0.05) is 35.9 Å². The highest BCUT2D eigenvalue weighted by atomic mass is 15.3. The van der Waals surface area contributed by atoms with Crippen LogP contribution in [-0.2, 0) is 0 Å². The average Bonchev–Trinajstić information content (AvgIpc) is 2.74. The van der Waals surface area contributed by atoms with Gasteiger partial charge in [0.1, 0.15) is 0 Å². The number of hydrogen-bond acceptors (Lipinski definition) is 3. The Bertz CT molecular complexity index is 500. The summed E-state index contributed by atoms with van der Waals surface area (Å²) in [7, 11) is 0. The number of hydrogen-bond donors (Lipinski definition) is 1. The van der Waals surface area contributed by atoms with Crippen LogP contribution in [0, 0.1) is 0 Å². The third-order valence-corrected chi connectivity index (χ3v) is 2.85. The summed E-state index contributed by atoms with van der Waals surface area (Å²) in [5.41, 5.74) is 2.25. The van der Waals surface area contributed by atoms with Crippen LogP contribution in [0.2, 0.25) is 0 Å². The standard InChI is InChI=1S/C14H20N4/c1-10(2)13-9-18(11(3)4)17-14(13)16-12-5-7-15-8-6-12/h5-11H,1-4H3,(H,15,16,17). The lowest BCUT2D eigenvalue weighted by Gasteiger charge is -2.07. The minimum absolute atomic E-state index is 0.371. The summed E-state index contributed by atoms with van der Waals surface area (Å²) in [4.78, 5) is 4.01. The Kier molecular flexibility index (Phi) is 3.65. The van der Waals surface area contributed by atoms with Crippen molar-refractivity contribution in [1.82, 2.24) is 14.8 Å². The lowest BCUT2D eigenvalue weighted by atomic mass is 10.1. The van der Waals surface area contributed by atoms with Gasteiger partial charge in [0.2, 0.25) is 0 Å². The molecule has 1 N–H and O–H groups in total. The van der Waals surface area contributed by atoms with E-state index in [0.717, 1.165) is 11.5 Å². The van der Waals surface area contributed by atoms with Crippen molar-refractivity contribution in [1.29, 1.82) is 0 Å². The number of anilines is 2. The second-order valence-corrected chi connectivity index (χ2v) is 5.02. The van der Waals surface area contributed by atoms with Crippen LogP contribution in [0.25, 0.3) is 0 Å². The fraction of sp³-hybridized carbons (Fsp3) is 0.429. The molecule has 0 aliphatic carbocycles. The zero-order valence-electron chi connectivity index (χ0n) is 11.4. The van der Waals surface area contributed by atoms with E-state index in [1.54, 1.807) is 12.4 Å². The molecule has 0 amide bonds. The first-order valence-electron chi connectivity index (χ1n) is 6.34. The van der Waals surface area contributed by atoms with Gasteiger partial charge in [-0.05, 0) is 31.9 Å². The molecule has 18 heavy (non-hydrogen) atoms. The van der Waals surface area contributed by atoms with Gasteiger partial charge in [0.15, 0.2) is 5.82 Å². The van der Waals surface area contributed by atoms with E-state index >= 15 is 0 Å². The van der Waals surface area contributed by atoms with E-state index < -0.39 is 0 Å². The van der Waals surface area contributed by atoms with Gasteiger partial charge in [0.05, 0.1) is 0 Å². The fourth-order valence-corrected chi connectivity index (χ4v) is 1.76. The molecule has 0 aliphatic heterocycles. The summed E-state index contributed by atoms with van der Waals surface area (Å²) in [6.07, 6.45) is 5.67. The Morgan fingerprint density at radius 1 is 1.11 bits per heavy atom. The number of nitrogens with one attached hydrogen (secondary N) is 1. The molecule has 2 aromatic heterocycles. The lowest BCUT2D eigenvalue weighted by molar-refractivity contribution is 0.533. The molecule has 0 bridgehead atoms. The van der Waals surface area contributed by atoms with Crippen molar-refractivity contribution in [3.63, 3.8) is 0 Å². The zero-order chi connectivity index (χ0) is 13.1. The normalized spacial score (nSPS) is 11.2. The van der Waals surface area contributed by atoms with Crippen molar-refractivity contribution >= 4 is 11.5 Å². The summed E-state index contributed by atoms with van der Waals surface area (Å²) < 4.78 is 2.00. The quantitative estimate of drug-likeness (QED) is 0.891. The third kappa shape index (κ3) is 2.70. The Morgan fingerprint density at radius 3 is 2.33 bits per heavy atom. The Labute approximate surface area is 108 Å². The van der Waals surface area contributed by atoms with Crippen molar-refractivity contribution in [3.05, 3.63) is 36.3 Å². The molecule has 0 aromatic carbocycles. The van der Waals surface area contributed by atoms with Crippen LogP contribution in [0.3, 0.4) is 0 Å². The third-order valence-electron chi connectivity index (χ3n) is 2.85. The predicted octanol–water partition coefficient (Wildman–Crippen LogP) is 3.73. The van der Waals surface area contributed by atoms with Crippen LogP contribution in [0.5, 0.6) is 0 Å². The molecule has 0 spiro atoms. The summed E-state index contributed by atoms with van der Waals surface area (Å²) in [5, 5.41) is 7.97. The van der Waals surface area contributed by atoms with Gasteiger partial charge in [0.25, 0.3) is 0 Å². The van der Waals surface area contributed by atoms with Crippen LogP contribution >= 0.6 is 0 Å². The smallest absolute Gasteiger partial charge is 0.155 e. The van der Waals surface area contributed by atoms with E-state index in [-0.39, 0.29) is 0 Å². The highest BCUT2D eigenvalue weighted by Gasteiger charge is 2.13. The summed E-state index contributed by atoms with van der Waals surface area (Å²) in [6.45, 7) is 8.62. The second kappa shape index (κ2) is 5.21. The maximum absolute atomic E-state index is 4.61. The molecule has 96 valence electrons. The maximum atomic E-state index is 4.61. The molecule has 0 saturated heterocycles. The van der Waals surface area contributed by atoms with Gasteiger partial charge >= 0.3 is 0 Å². The van der Waals surface area contributed by atoms with Gasteiger partial charge in [-0.15, -0.1) is 0 Å². The molecule has 4 nitrogen and oxygen atoms in total. The maximum Gasteiger partial charge on any atom is 0.155 e. The molecule has 0 aliphatic rings. The topological polar surface area (TPSA) is 42.7 Å². The van der Waals surface area contributed by atoms with E-state index in [1.807, 2.05) is 16.8 Å². The molecule has 0 unspecified atom stereocenters. The van der Waals surface area contributed by atoms with Gasteiger partial charge in [-0.3, -0.25) is 9.67 Å². The highest BCUT2D eigenvalue weighted by molar-refractivity contribution is 5.58. The Morgan fingerprint density at radius 2 is 1.78 bits per heavy atom. The molecule has 0 saturated carbocycles. The lowest BCUT2D eigenvalue weighted by Crippen LogP contribution is -2.01. The van der Waals surface area contributed by atoms with Crippen molar-refractivity contribution in [3.8, 4) is 0 Å². The number of pyridine rings is 1. The van der Waals surface area contributed by atoms with Crippen molar-refractivity contribution in [2.45, 2.75) is 39.7 Å². The van der Waals surface area contributed by atoms with Crippen LogP contribution in [0.15, 0.2) is 30.7 Å².